The first-order valence-corrected chi connectivity index (χ1v) is 3.76. The summed E-state index contributed by atoms with van der Waals surface area (Å²) < 4.78 is 0. The maximum atomic E-state index is 8.53. The zero-order valence-electron chi connectivity index (χ0n) is 14.4. The fourth-order valence-corrected chi connectivity index (χ4v) is 0. The van der Waals surface area contributed by atoms with Crippen LogP contribution in [0.1, 0.15) is 7.13 Å². The lowest BCUT2D eigenvalue weighted by Crippen LogP contribution is -2.56. The Balaban J connectivity index is -0.0000000134. The van der Waals surface area contributed by atoms with E-state index in [0.717, 1.165) is 0 Å². The Labute approximate surface area is 120 Å². The van der Waals surface area contributed by atoms with Crippen LogP contribution in [0.3, 0.4) is 0 Å². The van der Waals surface area contributed by atoms with Crippen molar-refractivity contribution in [1.82, 2.24) is 0 Å². The number of hydrogen-bond acceptors (Lipinski definition) is 15. The molecular weight excluding hydrogens is 294 g/mol. The lowest BCUT2D eigenvalue weighted by molar-refractivity contribution is -0.479. The number of rotatable bonds is 0. The van der Waals surface area contributed by atoms with E-state index in [1.165, 1.54) is 0 Å². The molecule has 0 aliphatic heterocycles. The summed E-state index contributed by atoms with van der Waals surface area (Å²) in [5, 5.41) is 114. The third kappa shape index (κ3) is 65400. The minimum atomic E-state index is -2.92. The van der Waals surface area contributed by atoms with Crippen molar-refractivity contribution < 1.29 is 82.5 Å². The molecule has 20 heavy (non-hydrogen) atoms. The summed E-state index contributed by atoms with van der Waals surface area (Å²) in [6.45, 7) is 0. The van der Waals surface area contributed by atoms with Crippen molar-refractivity contribution in [2.24, 2.45) is 0 Å². The van der Waals surface area contributed by atoms with Crippen molar-refractivity contribution >= 4 is 36.6 Å². The van der Waals surface area contributed by atoms with Crippen LogP contribution >= 0.6 is 0 Å². The van der Waals surface area contributed by atoms with E-state index < -0.39 is 36.6 Å². The minimum absolute atomic E-state index is 0. The molecule has 0 heterocycles. The highest BCUT2D eigenvalue weighted by molar-refractivity contribution is 6.31. The number of hydrogen-bond donors (Lipinski definition) is 10. The van der Waals surface area contributed by atoms with Crippen LogP contribution in [0.25, 0.3) is 0 Å². The summed E-state index contributed by atoms with van der Waals surface area (Å²) in [7, 11) is -12.1. The summed E-state index contributed by atoms with van der Waals surface area (Å²) in [5.41, 5.74) is 0. The Morgan fingerprint density at radius 2 is 0.450 bits per heavy atom. The molecule has 0 rings (SSSR count). The second kappa shape index (κ2) is 27.1. The van der Waals surface area contributed by atoms with E-state index in [9.17, 15) is 0 Å². The second-order valence-corrected chi connectivity index (χ2v) is 1.63. The monoisotopic (exact) mass is 310 g/mol. The van der Waals surface area contributed by atoms with Gasteiger partial charge in [0, 0.05) is 0 Å². The quantitative estimate of drug-likeness (QED) is 0.185. The molecule has 0 saturated carbocycles. The molecule has 0 spiro atoms. The van der Waals surface area contributed by atoms with Gasteiger partial charge in [-0.2, -0.15) is 0 Å². The third-order valence-corrected chi connectivity index (χ3v) is 0. The maximum Gasteiger partial charge on any atom is 1.00 e. The maximum absolute atomic E-state index is 8.53. The van der Waals surface area contributed by atoms with Crippen LogP contribution in [0.5, 0.6) is 0 Å². The molecule has 0 aromatic heterocycles. The molecule has 0 atom stereocenters. The van der Waals surface area contributed by atoms with Crippen molar-refractivity contribution in [3.05, 3.63) is 0 Å². The van der Waals surface area contributed by atoms with Gasteiger partial charge in [-0.3, -0.25) is 7.32 Å². The molecule has 0 radical (unpaired) electrons. The van der Waals surface area contributed by atoms with Crippen LogP contribution in [0, 0.1) is 0 Å². The molecule has 0 aromatic rings. The molecule has 15 nitrogen and oxygen atoms in total. The normalized spacial score (nSPS) is 6.75. The third-order valence-electron chi connectivity index (χ3n) is 0. The van der Waals surface area contributed by atoms with Crippen molar-refractivity contribution in [3.63, 3.8) is 0 Å². The first-order chi connectivity index (χ1) is 8.66. The molecule has 0 fully saturated rings. The van der Waals surface area contributed by atoms with E-state index in [2.05, 4.69) is 0 Å². The van der Waals surface area contributed by atoms with Gasteiger partial charge in [0.1, 0.15) is 0 Å². The lowest BCUT2D eigenvalue weighted by Gasteiger charge is -2.35. The average Bonchev–Trinajstić information content (AvgIpc) is 1.94. The van der Waals surface area contributed by atoms with Crippen molar-refractivity contribution in [3.8, 4) is 0 Å². The summed E-state index contributed by atoms with van der Waals surface area (Å²) in [5.74, 6) is 0. The van der Waals surface area contributed by atoms with Gasteiger partial charge < -0.3 is 75.4 Å². The predicted octanol–water partition coefficient (Wildman–Crippen LogP) is -12.9. The van der Waals surface area contributed by atoms with Gasteiger partial charge in [0.15, 0.2) is 0 Å². The summed E-state index contributed by atoms with van der Waals surface area (Å²) in [4.78, 5) is 0. The summed E-state index contributed by atoms with van der Waals surface area (Å²) >= 11 is 0. The lowest BCUT2D eigenvalue weighted by atomic mass is 10.3. The minimum Gasteiger partial charge on any atom is -0.907 e. The van der Waals surface area contributed by atoms with Gasteiger partial charge in [0.2, 0.25) is 0 Å². The molecular formula is H15B5O15. The Morgan fingerprint density at radius 1 is 0.450 bits per heavy atom. The Hall–Kier alpha value is -0.275. The molecule has 0 aromatic carbocycles. The molecule has 0 unspecified atom stereocenters. The summed E-state index contributed by atoms with van der Waals surface area (Å²) in [6.07, 6.45) is 0. The first kappa shape index (κ1) is 31.9. The van der Waals surface area contributed by atoms with Crippen LogP contribution in [-0.2, 0) is 0 Å². The Morgan fingerprint density at radius 3 is 0.450 bits per heavy atom. The van der Waals surface area contributed by atoms with Crippen LogP contribution < -0.4 is 25.1 Å². The molecule has 10 N–H and O–H groups in total. The van der Waals surface area contributed by atoms with Gasteiger partial charge in [0.05, 0.1) is 7.32 Å². The largest absolute Gasteiger partial charge is 1.00 e. The highest BCUT2D eigenvalue weighted by Gasteiger charge is 1.93. The van der Waals surface area contributed by atoms with Crippen molar-refractivity contribution in [2.45, 2.75) is 0 Å². The molecule has 0 bridgehead atoms. The van der Waals surface area contributed by atoms with E-state index >= 15 is 0 Å². The van der Waals surface area contributed by atoms with E-state index in [0.29, 0.717) is 0 Å². The highest BCUT2D eigenvalue weighted by atomic mass is 16.5. The van der Waals surface area contributed by atoms with Gasteiger partial charge in [-0.1, -0.05) is 0 Å². The van der Waals surface area contributed by atoms with E-state index in [-0.39, 0.29) is 7.13 Å². The first-order valence-electron chi connectivity index (χ1n) is 3.76. The summed E-state index contributed by atoms with van der Waals surface area (Å²) in [6, 6.07) is 0. The average molecular weight is 309 g/mol. The van der Waals surface area contributed by atoms with E-state index in [4.69, 9.17) is 75.4 Å². The van der Waals surface area contributed by atoms with Gasteiger partial charge in [-0.25, -0.2) is 0 Å². The molecule has 0 saturated heterocycles. The van der Waals surface area contributed by atoms with Crippen LogP contribution in [-0.4, -0.2) is 86.8 Å². The second-order valence-electron chi connectivity index (χ2n) is 1.63. The topological polar surface area (TPSA) is 318 Å². The van der Waals surface area contributed by atoms with Crippen LogP contribution in [0.2, 0.25) is 0 Å². The molecule has 20 heteroatoms. The van der Waals surface area contributed by atoms with Gasteiger partial charge in [0.25, 0.3) is 0 Å². The van der Waals surface area contributed by atoms with Gasteiger partial charge in [-0.05, 0) is 0 Å². The van der Waals surface area contributed by atoms with E-state index in [1.54, 1.807) is 0 Å². The fraction of sp³-hybridized carbons (Fsp3) is 0. The fourth-order valence-electron chi connectivity index (χ4n) is 0. The smallest absolute Gasteiger partial charge is 0.907 e. The van der Waals surface area contributed by atoms with Crippen molar-refractivity contribution in [2.75, 3.05) is 0 Å². The van der Waals surface area contributed by atoms with E-state index in [1.807, 2.05) is 0 Å². The highest BCUT2D eigenvalue weighted by Crippen LogP contribution is 1.41. The molecule has 120 valence electrons. The predicted molar refractivity (Wildman–Crippen MR) is 56.5 cm³/mol. The molecule has 0 aliphatic rings. The van der Waals surface area contributed by atoms with Gasteiger partial charge >= 0.3 is 29.1 Å². The zero-order chi connectivity index (χ0) is 17.9. The van der Waals surface area contributed by atoms with Crippen molar-refractivity contribution in [1.29, 1.82) is 0 Å². The Kier molecular flexibility index (Phi) is 43.3. The Bertz CT molecular complexity index is 92.9. The zero-order valence-corrected chi connectivity index (χ0v) is 9.40. The molecule has 0 amide bonds. The van der Waals surface area contributed by atoms with Gasteiger partial charge in [-0.15, -0.1) is 0 Å². The van der Waals surface area contributed by atoms with Crippen LogP contribution in [0.15, 0.2) is 0 Å². The standard InChI is InChI=1S/3BH3O3.BHO3.BO3/c5*2-1(3)4/h3*2-4H;2H;/q;;;-2;-3/p+5. The van der Waals surface area contributed by atoms with Crippen LogP contribution in [0.4, 0.5) is 0 Å². The molecule has 0 aliphatic carbocycles. The SMILES string of the molecule is OB(O)O.OB(O)O.OB(O)O.[H+].[H+].[H+].[H+].[H+].[O-]B([O-])O.[O-]B([O-])[O-].